The van der Waals surface area contributed by atoms with Crippen LogP contribution in [0, 0.1) is 0 Å². The van der Waals surface area contributed by atoms with Crippen molar-refractivity contribution in [3.8, 4) is 0 Å². The highest BCUT2D eigenvalue weighted by atomic mass is 15.0. The van der Waals surface area contributed by atoms with Crippen molar-refractivity contribution in [3.05, 3.63) is 0 Å². The second-order valence-corrected chi connectivity index (χ2v) is 1.13. The van der Waals surface area contributed by atoms with Crippen molar-refractivity contribution in [2.75, 3.05) is 20.3 Å². The zero-order valence-corrected chi connectivity index (χ0v) is 4.41. The fourth-order valence-electron chi connectivity index (χ4n) is 0.250. The maximum atomic E-state index is 3.09. The van der Waals surface area contributed by atoms with Gasteiger partial charge in [-0.05, 0) is 13.6 Å². The first-order chi connectivity index (χ1) is 2.91. The Bertz CT molecular complexity index is 18.5. The monoisotopic (exact) mass is 120 g/mol. The fourth-order valence-corrected chi connectivity index (χ4v) is 0.250. The van der Waals surface area contributed by atoms with Gasteiger partial charge in [-0.3, -0.25) is 0 Å². The van der Waals surface area contributed by atoms with E-state index in [9.17, 15) is 0 Å². The number of rotatable bonds is 3. The molecule has 0 saturated heterocycles. The van der Waals surface area contributed by atoms with Crippen LogP contribution in [0.3, 0.4) is 0 Å². The summed E-state index contributed by atoms with van der Waals surface area (Å²) in [5, 5.41) is 6.04. The summed E-state index contributed by atoms with van der Waals surface area (Å²) in [7, 11) is 1.92. The molecule has 8 heavy (non-hydrogen) atoms. The minimum Gasteiger partial charge on any atom is -0.308 e. The molecule has 0 radical (unpaired) electrons. The second kappa shape index (κ2) is 15.8. The second-order valence-electron chi connectivity index (χ2n) is 1.13. The molecule has 0 rings (SSSR count). The minimum atomic E-state index is 0. The average molecular weight is 120 g/mol. The van der Waals surface area contributed by atoms with Crippen molar-refractivity contribution in [1.29, 1.82) is 0 Å². The van der Waals surface area contributed by atoms with Crippen molar-refractivity contribution in [1.82, 2.24) is 10.6 Å². The van der Waals surface area contributed by atoms with Crippen LogP contribution in [0.25, 0.3) is 0 Å². The Hall–Kier alpha value is -0.0800. The van der Waals surface area contributed by atoms with Crippen LogP contribution in [0.4, 0.5) is 0 Å². The van der Waals surface area contributed by atoms with E-state index in [1.807, 2.05) is 7.05 Å². The molecule has 0 saturated carbocycles. The molecule has 0 aromatic carbocycles. The quantitative estimate of drug-likeness (QED) is 0.429. The third-order valence-electron chi connectivity index (χ3n) is 0.552. The predicted molar refractivity (Wildman–Crippen MR) is 41.1 cm³/mol. The summed E-state index contributed by atoms with van der Waals surface area (Å²) in [5.41, 5.74) is 0. The van der Waals surface area contributed by atoms with E-state index in [0.29, 0.717) is 0 Å². The van der Waals surface area contributed by atoms with E-state index >= 15 is 0 Å². The van der Waals surface area contributed by atoms with E-state index in [-0.39, 0.29) is 14.9 Å². The molecule has 0 heterocycles. The van der Waals surface area contributed by atoms with Gasteiger partial charge in [0.1, 0.15) is 0 Å². The van der Waals surface area contributed by atoms with Crippen molar-refractivity contribution >= 4 is 0 Å². The smallest absolute Gasteiger partial charge is 0.0451 e. The first kappa shape index (κ1) is 15.7. The van der Waals surface area contributed by atoms with Gasteiger partial charge in [0.15, 0.2) is 0 Å². The zero-order valence-electron chi connectivity index (χ0n) is 4.41. The normalized spacial score (nSPS) is 6.75. The van der Waals surface area contributed by atoms with Gasteiger partial charge < -0.3 is 10.6 Å². The van der Waals surface area contributed by atoms with Crippen LogP contribution in [-0.2, 0) is 0 Å². The van der Waals surface area contributed by atoms with Crippen LogP contribution < -0.4 is 10.6 Å². The Balaban J connectivity index is -0.000000125. The predicted octanol–water partition coefficient (Wildman–Crippen LogP) is 1.04. The molecule has 0 amide bonds. The molecule has 54 valence electrons. The summed E-state index contributed by atoms with van der Waals surface area (Å²) in [6, 6.07) is 0. The molecular formula is C6H20N2. The topological polar surface area (TPSA) is 24.1 Å². The lowest BCUT2D eigenvalue weighted by molar-refractivity contribution is 0.655. The van der Waals surface area contributed by atoms with Gasteiger partial charge in [0, 0.05) is 6.67 Å². The van der Waals surface area contributed by atoms with E-state index < -0.39 is 0 Å². The highest BCUT2D eigenvalue weighted by molar-refractivity contribution is 4.31. The maximum Gasteiger partial charge on any atom is 0.0451 e. The van der Waals surface area contributed by atoms with Crippen LogP contribution in [-0.4, -0.2) is 20.3 Å². The van der Waals surface area contributed by atoms with E-state index in [0.717, 1.165) is 13.2 Å². The standard InChI is InChI=1S/C4H12N2.2CH4/c1-3-6-4-5-2;;/h5-6H,3-4H2,1-2H3;2*1H4. The van der Waals surface area contributed by atoms with Crippen molar-refractivity contribution in [3.63, 3.8) is 0 Å². The molecule has 0 fully saturated rings. The highest BCUT2D eigenvalue weighted by Gasteiger charge is 1.68. The lowest BCUT2D eigenvalue weighted by Crippen LogP contribution is -2.24. The van der Waals surface area contributed by atoms with Crippen LogP contribution >= 0.6 is 0 Å². The van der Waals surface area contributed by atoms with Gasteiger partial charge in [-0.25, -0.2) is 0 Å². The van der Waals surface area contributed by atoms with Crippen molar-refractivity contribution in [2.24, 2.45) is 0 Å². The average Bonchev–Trinajstić information content (AvgIpc) is 1.61. The Kier molecular flexibility index (Phi) is 30.9. The minimum absolute atomic E-state index is 0. The summed E-state index contributed by atoms with van der Waals surface area (Å²) < 4.78 is 0. The molecule has 0 unspecified atom stereocenters. The van der Waals surface area contributed by atoms with Gasteiger partial charge in [0.25, 0.3) is 0 Å². The van der Waals surface area contributed by atoms with Crippen LogP contribution in [0.5, 0.6) is 0 Å². The molecule has 2 heteroatoms. The van der Waals surface area contributed by atoms with Crippen LogP contribution in [0.1, 0.15) is 21.8 Å². The number of hydrogen-bond donors (Lipinski definition) is 2. The SMILES string of the molecule is C.C.CCNCNC. The molecule has 0 aromatic rings. The molecule has 0 atom stereocenters. The molecule has 0 aliphatic carbocycles. The maximum absolute atomic E-state index is 3.09. The van der Waals surface area contributed by atoms with Crippen LogP contribution in [0.15, 0.2) is 0 Å². The van der Waals surface area contributed by atoms with Gasteiger partial charge in [0.05, 0.1) is 0 Å². The van der Waals surface area contributed by atoms with E-state index in [4.69, 9.17) is 0 Å². The molecule has 0 aliphatic heterocycles. The van der Waals surface area contributed by atoms with E-state index in [1.165, 1.54) is 0 Å². The lowest BCUT2D eigenvalue weighted by Gasteiger charge is -1.94. The van der Waals surface area contributed by atoms with Gasteiger partial charge in [-0.2, -0.15) is 0 Å². The Morgan fingerprint density at radius 3 is 1.88 bits per heavy atom. The first-order valence-corrected chi connectivity index (χ1v) is 2.27. The summed E-state index contributed by atoms with van der Waals surface area (Å²) in [6.45, 7) is 4.04. The molecule has 0 aliphatic rings. The molecule has 2 N–H and O–H groups in total. The zero-order chi connectivity index (χ0) is 4.83. The van der Waals surface area contributed by atoms with Gasteiger partial charge in [-0.15, -0.1) is 0 Å². The lowest BCUT2D eigenvalue weighted by atomic mass is 10.7. The third-order valence-corrected chi connectivity index (χ3v) is 0.552. The molecule has 2 nitrogen and oxygen atoms in total. The molecule has 0 aromatic heterocycles. The molecular weight excluding hydrogens is 100 g/mol. The third kappa shape index (κ3) is 16.8. The Morgan fingerprint density at radius 1 is 1.25 bits per heavy atom. The fraction of sp³-hybridized carbons (Fsp3) is 1.00. The summed E-state index contributed by atoms with van der Waals surface area (Å²) in [6.07, 6.45) is 0. The summed E-state index contributed by atoms with van der Waals surface area (Å²) in [4.78, 5) is 0. The molecule has 0 spiro atoms. The van der Waals surface area contributed by atoms with Crippen molar-refractivity contribution < 1.29 is 0 Å². The Labute approximate surface area is 53.7 Å². The number of hydrogen-bond acceptors (Lipinski definition) is 2. The summed E-state index contributed by atoms with van der Waals surface area (Å²) >= 11 is 0. The summed E-state index contributed by atoms with van der Waals surface area (Å²) in [5.74, 6) is 0. The van der Waals surface area contributed by atoms with E-state index in [2.05, 4.69) is 17.6 Å². The number of nitrogens with one attached hydrogen (secondary N) is 2. The van der Waals surface area contributed by atoms with Gasteiger partial charge in [0.2, 0.25) is 0 Å². The largest absolute Gasteiger partial charge is 0.308 e. The van der Waals surface area contributed by atoms with E-state index in [1.54, 1.807) is 0 Å². The van der Waals surface area contributed by atoms with Gasteiger partial charge in [-0.1, -0.05) is 21.8 Å². The Morgan fingerprint density at radius 2 is 1.75 bits per heavy atom. The van der Waals surface area contributed by atoms with Gasteiger partial charge >= 0.3 is 0 Å². The molecule has 0 bridgehead atoms. The first-order valence-electron chi connectivity index (χ1n) is 2.27. The highest BCUT2D eigenvalue weighted by Crippen LogP contribution is 1.44. The van der Waals surface area contributed by atoms with Crippen molar-refractivity contribution in [2.45, 2.75) is 21.8 Å². The van der Waals surface area contributed by atoms with Crippen LogP contribution in [0.2, 0.25) is 0 Å².